The molecule has 0 aromatic carbocycles. The van der Waals surface area contributed by atoms with Gasteiger partial charge >= 0.3 is 0 Å². The fourth-order valence-corrected chi connectivity index (χ4v) is 2.87. The monoisotopic (exact) mass is 268 g/mol. The van der Waals surface area contributed by atoms with Gasteiger partial charge in [0, 0.05) is 12.6 Å². The van der Waals surface area contributed by atoms with E-state index in [0.29, 0.717) is 12.0 Å². The average molecular weight is 268 g/mol. The fourth-order valence-electron chi connectivity index (χ4n) is 2.87. The van der Waals surface area contributed by atoms with Crippen molar-refractivity contribution < 1.29 is 4.79 Å². The number of carbonyl (C=O) groups excluding carboxylic acids is 1. The number of rotatable bonds is 6. The van der Waals surface area contributed by atoms with Crippen LogP contribution in [0, 0.1) is 17.8 Å². The Kier molecular flexibility index (Phi) is 6.84. The van der Waals surface area contributed by atoms with Crippen molar-refractivity contribution in [3.63, 3.8) is 0 Å². The SMILES string of the molecule is CC(C)CNC(=O)C(C)NC1CCCC(C(C)C)C1. The molecule has 1 aliphatic carbocycles. The van der Waals surface area contributed by atoms with Crippen molar-refractivity contribution in [1.29, 1.82) is 0 Å². The topological polar surface area (TPSA) is 41.1 Å². The van der Waals surface area contributed by atoms with Crippen molar-refractivity contribution in [3.8, 4) is 0 Å². The number of hydrogen-bond acceptors (Lipinski definition) is 2. The highest BCUT2D eigenvalue weighted by Gasteiger charge is 2.26. The lowest BCUT2D eigenvalue weighted by molar-refractivity contribution is -0.123. The summed E-state index contributed by atoms with van der Waals surface area (Å²) in [7, 11) is 0. The quantitative estimate of drug-likeness (QED) is 0.777. The van der Waals surface area contributed by atoms with Crippen LogP contribution in [-0.4, -0.2) is 24.5 Å². The van der Waals surface area contributed by atoms with Crippen LogP contribution in [0.15, 0.2) is 0 Å². The summed E-state index contributed by atoms with van der Waals surface area (Å²) in [5.74, 6) is 2.23. The molecule has 3 heteroatoms. The Morgan fingerprint density at radius 2 is 1.84 bits per heavy atom. The first kappa shape index (κ1) is 16.5. The summed E-state index contributed by atoms with van der Waals surface area (Å²) in [4.78, 5) is 12.0. The van der Waals surface area contributed by atoms with Crippen LogP contribution >= 0.6 is 0 Å². The van der Waals surface area contributed by atoms with Crippen LogP contribution in [0.5, 0.6) is 0 Å². The predicted molar refractivity (Wildman–Crippen MR) is 81.0 cm³/mol. The van der Waals surface area contributed by atoms with E-state index in [1.54, 1.807) is 0 Å². The molecule has 1 fully saturated rings. The lowest BCUT2D eigenvalue weighted by atomic mass is 9.79. The Morgan fingerprint density at radius 1 is 1.16 bits per heavy atom. The molecule has 112 valence electrons. The van der Waals surface area contributed by atoms with E-state index in [4.69, 9.17) is 0 Å². The van der Waals surface area contributed by atoms with Gasteiger partial charge in [-0.15, -0.1) is 0 Å². The molecular weight excluding hydrogens is 236 g/mol. The lowest BCUT2D eigenvalue weighted by Crippen LogP contribution is -2.48. The van der Waals surface area contributed by atoms with Crippen molar-refractivity contribution in [1.82, 2.24) is 10.6 Å². The van der Waals surface area contributed by atoms with E-state index in [1.807, 2.05) is 6.92 Å². The van der Waals surface area contributed by atoms with Gasteiger partial charge in [-0.1, -0.05) is 40.5 Å². The zero-order valence-corrected chi connectivity index (χ0v) is 13.3. The molecule has 0 spiro atoms. The molecule has 1 amide bonds. The van der Waals surface area contributed by atoms with Gasteiger partial charge in [-0.25, -0.2) is 0 Å². The van der Waals surface area contributed by atoms with Crippen molar-refractivity contribution in [2.75, 3.05) is 6.54 Å². The Labute approximate surface area is 118 Å². The maximum atomic E-state index is 12.0. The molecule has 3 atom stereocenters. The minimum absolute atomic E-state index is 0.0744. The van der Waals surface area contributed by atoms with Crippen LogP contribution in [-0.2, 0) is 4.79 Å². The van der Waals surface area contributed by atoms with E-state index in [0.717, 1.165) is 18.4 Å². The van der Waals surface area contributed by atoms with E-state index in [9.17, 15) is 4.79 Å². The number of nitrogens with one attached hydrogen (secondary N) is 2. The smallest absolute Gasteiger partial charge is 0.236 e. The highest BCUT2D eigenvalue weighted by atomic mass is 16.2. The third-order valence-corrected chi connectivity index (χ3v) is 4.22. The van der Waals surface area contributed by atoms with Crippen molar-refractivity contribution in [2.24, 2.45) is 17.8 Å². The van der Waals surface area contributed by atoms with Crippen LogP contribution in [0.1, 0.15) is 60.3 Å². The van der Waals surface area contributed by atoms with Crippen LogP contribution in [0.3, 0.4) is 0 Å². The normalized spacial score (nSPS) is 25.6. The second-order valence-electron chi connectivity index (χ2n) is 6.89. The molecule has 1 saturated carbocycles. The summed E-state index contributed by atoms with van der Waals surface area (Å²) in [6.45, 7) is 11.6. The van der Waals surface area contributed by atoms with Gasteiger partial charge < -0.3 is 10.6 Å². The molecule has 0 aliphatic heterocycles. The number of hydrogen-bond donors (Lipinski definition) is 2. The molecule has 0 aromatic heterocycles. The van der Waals surface area contributed by atoms with Gasteiger partial charge in [-0.05, 0) is 37.5 Å². The highest BCUT2D eigenvalue weighted by molar-refractivity contribution is 5.81. The molecule has 1 aliphatic rings. The van der Waals surface area contributed by atoms with Gasteiger partial charge in [0.25, 0.3) is 0 Å². The van der Waals surface area contributed by atoms with Crippen LogP contribution in [0.2, 0.25) is 0 Å². The average Bonchev–Trinajstić information content (AvgIpc) is 2.36. The molecule has 3 nitrogen and oxygen atoms in total. The standard InChI is InChI=1S/C16H32N2O/c1-11(2)10-17-16(19)13(5)18-15-8-6-7-14(9-15)12(3)4/h11-15,18H,6-10H2,1-5H3,(H,17,19). The summed E-state index contributed by atoms with van der Waals surface area (Å²) in [6, 6.07) is 0.440. The third-order valence-electron chi connectivity index (χ3n) is 4.22. The van der Waals surface area contributed by atoms with E-state index in [1.165, 1.54) is 25.7 Å². The van der Waals surface area contributed by atoms with E-state index < -0.39 is 0 Å². The zero-order chi connectivity index (χ0) is 14.4. The second kappa shape index (κ2) is 7.88. The molecule has 0 aromatic rings. The Balaban J connectivity index is 2.34. The predicted octanol–water partition coefficient (Wildman–Crippen LogP) is 2.95. The Hall–Kier alpha value is -0.570. The van der Waals surface area contributed by atoms with Crippen LogP contribution < -0.4 is 10.6 Å². The van der Waals surface area contributed by atoms with E-state index in [-0.39, 0.29) is 11.9 Å². The highest BCUT2D eigenvalue weighted by Crippen LogP contribution is 2.30. The lowest BCUT2D eigenvalue weighted by Gasteiger charge is -2.33. The first-order valence-corrected chi connectivity index (χ1v) is 7.94. The first-order valence-electron chi connectivity index (χ1n) is 7.94. The zero-order valence-electron chi connectivity index (χ0n) is 13.3. The van der Waals surface area contributed by atoms with Crippen LogP contribution in [0.4, 0.5) is 0 Å². The molecule has 0 bridgehead atoms. The van der Waals surface area contributed by atoms with Crippen LogP contribution in [0.25, 0.3) is 0 Å². The maximum absolute atomic E-state index is 12.0. The van der Waals surface area contributed by atoms with E-state index in [2.05, 4.69) is 38.3 Å². The molecule has 0 saturated heterocycles. The van der Waals surface area contributed by atoms with Crippen molar-refractivity contribution in [2.45, 2.75) is 72.4 Å². The molecule has 0 radical (unpaired) electrons. The van der Waals surface area contributed by atoms with Gasteiger partial charge in [0.05, 0.1) is 6.04 Å². The molecule has 0 heterocycles. The molecular formula is C16H32N2O. The molecule has 3 unspecified atom stereocenters. The van der Waals surface area contributed by atoms with Gasteiger partial charge in [0.1, 0.15) is 0 Å². The van der Waals surface area contributed by atoms with Gasteiger partial charge in [0.2, 0.25) is 5.91 Å². The van der Waals surface area contributed by atoms with Gasteiger partial charge in [0.15, 0.2) is 0 Å². The van der Waals surface area contributed by atoms with E-state index >= 15 is 0 Å². The van der Waals surface area contributed by atoms with Gasteiger partial charge in [-0.2, -0.15) is 0 Å². The van der Waals surface area contributed by atoms with Crippen molar-refractivity contribution in [3.05, 3.63) is 0 Å². The largest absolute Gasteiger partial charge is 0.354 e. The second-order valence-corrected chi connectivity index (χ2v) is 6.89. The van der Waals surface area contributed by atoms with Gasteiger partial charge in [-0.3, -0.25) is 4.79 Å². The Morgan fingerprint density at radius 3 is 2.42 bits per heavy atom. The van der Waals surface area contributed by atoms with Crippen molar-refractivity contribution >= 4 is 5.91 Å². The summed E-state index contributed by atoms with van der Waals surface area (Å²) in [6.07, 6.45) is 5.08. The third kappa shape index (κ3) is 5.94. The summed E-state index contributed by atoms with van der Waals surface area (Å²) in [5, 5.41) is 6.52. The molecule has 2 N–H and O–H groups in total. The minimum atomic E-state index is -0.0744. The number of amides is 1. The maximum Gasteiger partial charge on any atom is 0.236 e. The summed E-state index contributed by atoms with van der Waals surface area (Å²) < 4.78 is 0. The Bertz CT molecular complexity index is 276. The molecule has 19 heavy (non-hydrogen) atoms. The molecule has 1 rings (SSSR count). The summed E-state index contributed by atoms with van der Waals surface area (Å²) in [5.41, 5.74) is 0. The minimum Gasteiger partial charge on any atom is -0.354 e. The number of carbonyl (C=O) groups is 1. The summed E-state index contributed by atoms with van der Waals surface area (Å²) >= 11 is 0. The fraction of sp³-hybridized carbons (Fsp3) is 0.938. The first-order chi connectivity index (χ1) is 8.90.